The van der Waals surface area contributed by atoms with Crippen molar-refractivity contribution < 1.29 is 9.84 Å². The molecule has 0 bridgehead atoms. The van der Waals surface area contributed by atoms with Gasteiger partial charge < -0.3 is 15.6 Å². The molecule has 0 saturated carbocycles. The minimum absolute atomic E-state index is 0.0282. The Morgan fingerprint density at radius 1 is 1.44 bits per heavy atom. The van der Waals surface area contributed by atoms with E-state index in [-0.39, 0.29) is 17.1 Å². The van der Waals surface area contributed by atoms with E-state index in [1.54, 1.807) is 0 Å². The second-order valence-corrected chi connectivity index (χ2v) is 6.41. The van der Waals surface area contributed by atoms with E-state index in [0.29, 0.717) is 0 Å². The van der Waals surface area contributed by atoms with Crippen molar-refractivity contribution in [3.8, 4) is 0 Å². The van der Waals surface area contributed by atoms with Crippen molar-refractivity contribution in [3.05, 3.63) is 0 Å². The quantitative estimate of drug-likeness (QED) is 0.698. The average molecular weight is 230 g/mol. The third-order valence-electron chi connectivity index (χ3n) is 3.11. The topological polar surface area (TPSA) is 58.7 Å². The van der Waals surface area contributed by atoms with Crippen LogP contribution < -0.4 is 5.73 Å². The highest BCUT2D eigenvalue weighted by atomic mass is 16.6. The van der Waals surface area contributed by atoms with Crippen LogP contribution in [0.2, 0.25) is 0 Å². The number of aliphatic hydroxyl groups excluding tert-OH is 1. The maximum absolute atomic E-state index is 9.99. The van der Waals surface area contributed by atoms with Crippen molar-refractivity contribution >= 4 is 0 Å². The molecule has 0 aromatic carbocycles. The highest BCUT2D eigenvalue weighted by Gasteiger charge is 2.36. The fourth-order valence-electron chi connectivity index (χ4n) is 1.99. The summed E-state index contributed by atoms with van der Waals surface area (Å²) in [5, 5.41) is 9.99. The molecule has 0 aliphatic carbocycles. The minimum Gasteiger partial charge on any atom is -0.356 e. The van der Waals surface area contributed by atoms with Crippen molar-refractivity contribution in [3.63, 3.8) is 0 Å². The number of aliphatic hydroxyl groups is 1. The van der Waals surface area contributed by atoms with Gasteiger partial charge in [0, 0.05) is 19.1 Å². The zero-order chi connectivity index (χ0) is 12.6. The summed E-state index contributed by atoms with van der Waals surface area (Å²) < 4.78 is 5.55. The number of piperidine rings is 1. The van der Waals surface area contributed by atoms with Crippen LogP contribution in [0.5, 0.6) is 0 Å². The molecule has 1 fully saturated rings. The van der Waals surface area contributed by atoms with E-state index >= 15 is 0 Å². The van der Waals surface area contributed by atoms with Crippen LogP contribution in [0.4, 0.5) is 0 Å². The Labute approximate surface area is 98.8 Å². The summed E-state index contributed by atoms with van der Waals surface area (Å²) in [6.45, 7) is 11.7. The summed E-state index contributed by atoms with van der Waals surface area (Å²) in [5.41, 5.74) is 5.75. The number of nitrogens with zero attached hydrogens (tertiary/aromatic N) is 1. The van der Waals surface area contributed by atoms with E-state index in [1.165, 1.54) is 0 Å². The minimum atomic E-state index is -0.827. The fourth-order valence-corrected chi connectivity index (χ4v) is 1.99. The Morgan fingerprint density at radius 2 is 2.00 bits per heavy atom. The van der Waals surface area contributed by atoms with Gasteiger partial charge in [-0.1, -0.05) is 13.8 Å². The normalized spacial score (nSPS) is 29.1. The molecule has 2 unspecified atom stereocenters. The van der Waals surface area contributed by atoms with Crippen molar-refractivity contribution in [2.24, 2.45) is 11.1 Å². The van der Waals surface area contributed by atoms with Gasteiger partial charge in [-0.25, -0.2) is 0 Å². The van der Waals surface area contributed by atoms with Gasteiger partial charge in [-0.2, -0.15) is 0 Å². The number of likely N-dealkylation sites (tertiary alicyclic amines) is 1. The first-order valence-electron chi connectivity index (χ1n) is 5.97. The Balaban J connectivity index is 2.56. The maximum Gasteiger partial charge on any atom is 0.216 e. The summed E-state index contributed by atoms with van der Waals surface area (Å²) in [4.78, 5) is 1.95. The van der Waals surface area contributed by atoms with Crippen LogP contribution in [0.25, 0.3) is 0 Å². The lowest BCUT2D eigenvalue weighted by Crippen LogP contribution is -2.56. The molecule has 0 aromatic rings. The van der Waals surface area contributed by atoms with Gasteiger partial charge in [0.15, 0.2) is 0 Å². The number of hydrogen-bond acceptors (Lipinski definition) is 4. The predicted octanol–water partition coefficient (Wildman–Crippen LogP) is 1.14. The van der Waals surface area contributed by atoms with Crippen LogP contribution in [0.1, 0.15) is 41.0 Å². The van der Waals surface area contributed by atoms with Crippen LogP contribution >= 0.6 is 0 Å². The molecule has 4 heteroatoms. The van der Waals surface area contributed by atoms with Crippen LogP contribution in [0.15, 0.2) is 0 Å². The molecule has 2 atom stereocenters. The Hall–Kier alpha value is -0.160. The first-order chi connectivity index (χ1) is 7.12. The van der Waals surface area contributed by atoms with E-state index in [9.17, 15) is 5.11 Å². The van der Waals surface area contributed by atoms with Crippen molar-refractivity contribution in [2.75, 3.05) is 13.1 Å². The van der Waals surface area contributed by atoms with Crippen LogP contribution in [-0.4, -0.2) is 41.2 Å². The lowest BCUT2D eigenvalue weighted by atomic mass is 9.80. The second kappa shape index (κ2) is 4.61. The second-order valence-electron chi connectivity index (χ2n) is 6.41. The summed E-state index contributed by atoms with van der Waals surface area (Å²) in [5.74, 6) is 0. The van der Waals surface area contributed by atoms with Gasteiger partial charge in [-0.15, -0.1) is 0 Å². The van der Waals surface area contributed by atoms with Gasteiger partial charge in [0.05, 0.1) is 5.60 Å². The van der Waals surface area contributed by atoms with Gasteiger partial charge in [0.1, 0.15) is 0 Å². The number of ether oxygens (including phenoxy) is 1. The summed E-state index contributed by atoms with van der Waals surface area (Å²) in [6, 6.07) is 0.200. The standard InChI is InChI=1S/C12H26N2O2/c1-11(2,3)16-10(15)14-7-6-9(13)12(4,5)8-14/h9-10,15H,6-8,13H2,1-5H3. The van der Waals surface area contributed by atoms with E-state index in [2.05, 4.69) is 13.8 Å². The predicted molar refractivity (Wildman–Crippen MR) is 64.8 cm³/mol. The van der Waals surface area contributed by atoms with E-state index < -0.39 is 6.41 Å². The van der Waals surface area contributed by atoms with Crippen molar-refractivity contribution in [2.45, 2.75) is 59.1 Å². The summed E-state index contributed by atoms with van der Waals surface area (Å²) in [6.07, 6.45) is 0.0733. The molecule has 1 heterocycles. The number of hydrogen-bond donors (Lipinski definition) is 2. The summed E-state index contributed by atoms with van der Waals surface area (Å²) >= 11 is 0. The van der Waals surface area contributed by atoms with Crippen LogP contribution in [-0.2, 0) is 4.74 Å². The largest absolute Gasteiger partial charge is 0.356 e. The lowest BCUT2D eigenvalue weighted by molar-refractivity contribution is -0.249. The number of rotatable bonds is 2. The van der Waals surface area contributed by atoms with Gasteiger partial charge in [0.2, 0.25) is 6.41 Å². The molecule has 0 spiro atoms. The first-order valence-corrected chi connectivity index (χ1v) is 5.97. The molecular formula is C12H26N2O2. The zero-order valence-electron chi connectivity index (χ0n) is 11.2. The monoisotopic (exact) mass is 230 g/mol. The molecule has 1 rings (SSSR count). The van der Waals surface area contributed by atoms with Gasteiger partial charge in [-0.05, 0) is 32.6 Å². The van der Waals surface area contributed by atoms with Gasteiger partial charge in [0.25, 0.3) is 0 Å². The first kappa shape index (κ1) is 13.9. The SMILES string of the molecule is CC(C)(C)OC(O)N1CCC(N)C(C)(C)C1. The van der Waals surface area contributed by atoms with Crippen molar-refractivity contribution in [1.29, 1.82) is 0 Å². The molecule has 0 radical (unpaired) electrons. The Morgan fingerprint density at radius 3 is 2.44 bits per heavy atom. The molecule has 1 saturated heterocycles. The van der Waals surface area contributed by atoms with Gasteiger partial charge in [-0.3, -0.25) is 4.90 Å². The highest BCUT2D eigenvalue weighted by Crippen LogP contribution is 2.29. The van der Waals surface area contributed by atoms with Crippen LogP contribution in [0.3, 0.4) is 0 Å². The maximum atomic E-state index is 9.99. The lowest BCUT2D eigenvalue weighted by Gasteiger charge is -2.44. The number of nitrogens with two attached hydrogens (primary N) is 1. The van der Waals surface area contributed by atoms with E-state index in [0.717, 1.165) is 19.5 Å². The van der Waals surface area contributed by atoms with E-state index in [4.69, 9.17) is 10.5 Å². The van der Waals surface area contributed by atoms with E-state index in [1.807, 2.05) is 25.7 Å². The molecule has 3 N–H and O–H groups in total. The fraction of sp³-hybridized carbons (Fsp3) is 1.00. The third-order valence-corrected chi connectivity index (χ3v) is 3.11. The smallest absolute Gasteiger partial charge is 0.216 e. The molecule has 0 amide bonds. The van der Waals surface area contributed by atoms with Crippen LogP contribution in [0, 0.1) is 5.41 Å². The summed E-state index contributed by atoms with van der Waals surface area (Å²) in [7, 11) is 0. The molecule has 4 nitrogen and oxygen atoms in total. The van der Waals surface area contributed by atoms with Crippen molar-refractivity contribution in [1.82, 2.24) is 4.90 Å². The highest BCUT2D eigenvalue weighted by molar-refractivity contribution is 4.89. The molecule has 1 aliphatic rings. The Kier molecular flexibility index (Phi) is 4.00. The molecule has 1 aliphatic heterocycles. The molecule has 96 valence electrons. The zero-order valence-corrected chi connectivity index (χ0v) is 11.2. The molecular weight excluding hydrogens is 204 g/mol. The third kappa shape index (κ3) is 3.70. The Bertz CT molecular complexity index is 236. The van der Waals surface area contributed by atoms with Gasteiger partial charge >= 0.3 is 0 Å². The molecule has 16 heavy (non-hydrogen) atoms. The molecule has 0 aromatic heterocycles. The average Bonchev–Trinajstić information content (AvgIpc) is 2.06.